The Hall–Kier alpha value is -1.42. The lowest BCUT2D eigenvalue weighted by Crippen LogP contribution is -2.49. The first kappa shape index (κ1) is 14.0. The van der Waals surface area contributed by atoms with Gasteiger partial charge in [-0.2, -0.15) is 0 Å². The zero-order chi connectivity index (χ0) is 14.0. The van der Waals surface area contributed by atoms with Crippen LogP contribution >= 0.6 is 0 Å². The van der Waals surface area contributed by atoms with Crippen molar-refractivity contribution < 1.29 is 9.18 Å². The van der Waals surface area contributed by atoms with Crippen LogP contribution in [0.15, 0.2) is 24.3 Å². The van der Waals surface area contributed by atoms with Crippen molar-refractivity contribution in [1.29, 1.82) is 0 Å². The molecular formula is C15H21FN2O. The average molecular weight is 264 g/mol. The van der Waals surface area contributed by atoms with Gasteiger partial charge >= 0.3 is 0 Å². The smallest absolute Gasteiger partial charge is 0.223 e. The van der Waals surface area contributed by atoms with E-state index in [1.807, 2.05) is 4.90 Å². The van der Waals surface area contributed by atoms with Gasteiger partial charge in [-0.25, -0.2) is 4.39 Å². The van der Waals surface area contributed by atoms with Crippen LogP contribution < -0.4 is 5.73 Å². The average Bonchev–Trinajstić information content (AvgIpc) is 2.35. The van der Waals surface area contributed by atoms with Gasteiger partial charge in [0.25, 0.3) is 0 Å². The fraction of sp³-hybridized carbons (Fsp3) is 0.533. The molecule has 1 amide bonds. The van der Waals surface area contributed by atoms with Crippen molar-refractivity contribution in [3.05, 3.63) is 35.6 Å². The molecule has 4 heteroatoms. The molecule has 2 atom stereocenters. The van der Waals surface area contributed by atoms with E-state index in [4.69, 9.17) is 5.73 Å². The molecule has 19 heavy (non-hydrogen) atoms. The molecule has 104 valence electrons. The molecule has 1 aliphatic rings. The number of carbonyl (C=O) groups is 1. The van der Waals surface area contributed by atoms with Crippen LogP contribution in [0.1, 0.15) is 38.3 Å². The third-order valence-corrected chi connectivity index (χ3v) is 3.53. The highest BCUT2D eigenvalue weighted by molar-refractivity contribution is 5.78. The second kappa shape index (κ2) is 5.70. The zero-order valence-corrected chi connectivity index (χ0v) is 11.5. The van der Waals surface area contributed by atoms with Crippen LogP contribution in [0.25, 0.3) is 0 Å². The van der Waals surface area contributed by atoms with E-state index in [-0.39, 0.29) is 23.8 Å². The third-order valence-electron chi connectivity index (χ3n) is 3.53. The molecule has 0 aliphatic carbocycles. The summed E-state index contributed by atoms with van der Waals surface area (Å²) >= 11 is 0. The Morgan fingerprint density at radius 1 is 1.37 bits per heavy atom. The highest BCUT2D eigenvalue weighted by Crippen LogP contribution is 2.31. The van der Waals surface area contributed by atoms with E-state index in [0.29, 0.717) is 25.3 Å². The van der Waals surface area contributed by atoms with Gasteiger partial charge in [0, 0.05) is 19.0 Å². The number of benzene rings is 1. The van der Waals surface area contributed by atoms with Crippen LogP contribution in [0.4, 0.5) is 4.39 Å². The number of likely N-dealkylation sites (tertiary alicyclic amines) is 1. The van der Waals surface area contributed by atoms with Crippen molar-refractivity contribution >= 4 is 5.91 Å². The number of nitrogens with zero attached hydrogens (tertiary/aromatic N) is 1. The molecule has 0 bridgehead atoms. The van der Waals surface area contributed by atoms with Crippen LogP contribution in [0.3, 0.4) is 0 Å². The van der Waals surface area contributed by atoms with Crippen LogP contribution in [-0.2, 0) is 4.79 Å². The molecule has 1 saturated heterocycles. The number of halogens is 1. The molecular weight excluding hydrogens is 243 g/mol. The minimum atomic E-state index is -0.269. The predicted octanol–water partition coefficient (Wildman–Crippen LogP) is 2.47. The number of hydrogen-bond donors (Lipinski definition) is 1. The molecule has 1 aliphatic heterocycles. The highest BCUT2D eigenvalue weighted by atomic mass is 19.1. The Balaban J connectivity index is 2.30. The number of rotatable bonds is 3. The Kier molecular flexibility index (Phi) is 4.20. The minimum absolute atomic E-state index is 0.0816. The Morgan fingerprint density at radius 3 is 2.58 bits per heavy atom. The first-order chi connectivity index (χ1) is 8.99. The number of amides is 1. The van der Waals surface area contributed by atoms with Gasteiger partial charge in [-0.1, -0.05) is 26.0 Å². The fourth-order valence-corrected chi connectivity index (χ4v) is 2.67. The molecule has 1 fully saturated rings. The molecule has 3 nitrogen and oxygen atoms in total. The highest BCUT2D eigenvalue weighted by Gasteiger charge is 2.34. The van der Waals surface area contributed by atoms with Gasteiger partial charge in [-0.05, 0) is 30.0 Å². The van der Waals surface area contributed by atoms with E-state index in [0.717, 1.165) is 5.56 Å². The lowest BCUT2D eigenvalue weighted by atomic mass is 9.90. The molecule has 0 spiro atoms. The normalized spacial score (nSPS) is 24.1. The molecule has 0 radical (unpaired) electrons. The van der Waals surface area contributed by atoms with Crippen LogP contribution in [0, 0.1) is 11.7 Å². The maximum absolute atomic E-state index is 13.0. The van der Waals surface area contributed by atoms with Gasteiger partial charge in [-0.15, -0.1) is 0 Å². The minimum Gasteiger partial charge on any atom is -0.334 e. The summed E-state index contributed by atoms with van der Waals surface area (Å²) in [7, 11) is 0. The molecule has 2 N–H and O–H groups in total. The summed E-state index contributed by atoms with van der Waals surface area (Å²) in [6, 6.07) is 6.09. The Labute approximate surface area is 113 Å². The van der Waals surface area contributed by atoms with Crippen molar-refractivity contribution in [1.82, 2.24) is 4.90 Å². The number of piperidine rings is 1. The summed E-state index contributed by atoms with van der Waals surface area (Å²) in [6.45, 7) is 4.85. The molecule has 1 aromatic carbocycles. The summed E-state index contributed by atoms with van der Waals surface area (Å²) in [5.74, 6) is 0.261. The Morgan fingerprint density at radius 2 is 2.00 bits per heavy atom. The van der Waals surface area contributed by atoms with Crippen molar-refractivity contribution in [2.75, 3.05) is 6.54 Å². The third kappa shape index (κ3) is 3.13. The standard InChI is InChI=1S/C15H21FN2O/c1-10(2)9-18-14(19)8-7-13(17)15(18)11-3-5-12(16)6-4-11/h3-6,10,13,15H,7-9,17H2,1-2H3. The quantitative estimate of drug-likeness (QED) is 0.911. The molecule has 2 unspecified atom stereocenters. The van der Waals surface area contributed by atoms with E-state index in [1.165, 1.54) is 12.1 Å². The lowest BCUT2D eigenvalue weighted by molar-refractivity contribution is -0.138. The van der Waals surface area contributed by atoms with E-state index < -0.39 is 0 Å². The first-order valence-electron chi connectivity index (χ1n) is 6.79. The van der Waals surface area contributed by atoms with Gasteiger partial charge in [0.15, 0.2) is 0 Å². The van der Waals surface area contributed by atoms with Gasteiger partial charge < -0.3 is 10.6 Å². The fourth-order valence-electron chi connectivity index (χ4n) is 2.67. The SMILES string of the molecule is CC(C)CN1C(=O)CCC(N)C1c1ccc(F)cc1. The summed E-state index contributed by atoms with van der Waals surface area (Å²) in [5.41, 5.74) is 7.11. The summed E-state index contributed by atoms with van der Waals surface area (Å²) in [4.78, 5) is 14.0. The second-order valence-electron chi connectivity index (χ2n) is 5.64. The van der Waals surface area contributed by atoms with E-state index in [1.54, 1.807) is 12.1 Å². The first-order valence-corrected chi connectivity index (χ1v) is 6.79. The monoisotopic (exact) mass is 264 g/mol. The number of nitrogens with two attached hydrogens (primary N) is 1. The molecule has 1 heterocycles. The van der Waals surface area contributed by atoms with Gasteiger partial charge in [0.2, 0.25) is 5.91 Å². The molecule has 2 rings (SSSR count). The van der Waals surface area contributed by atoms with Crippen molar-refractivity contribution in [3.8, 4) is 0 Å². The van der Waals surface area contributed by atoms with Gasteiger partial charge in [0.1, 0.15) is 5.82 Å². The van der Waals surface area contributed by atoms with E-state index >= 15 is 0 Å². The van der Waals surface area contributed by atoms with Gasteiger partial charge in [0.05, 0.1) is 6.04 Å². The molecule has 0 aromatic heterocycles. The maximum atomic E-state index is 13.0. The second-order valence-corrected chi connectivity index (χ2v) is 5.64. The summed E-state index contributed by atoms with van der Waals surface area (Å²) in [6.07, 6.45) is 1.20. The van der Waals surface area contributed by atoms with Gasteiger partial charge in [-0.3, -0.25) is 4.79 Å². The van der Waals surface area contributed by atoms with E-state index in [2.05, 4.69) is 13.8 Å². The van der Waals surface area contributed by atoms with Crippen molar-refractivity contribution in [2.45, 2.75) is 38.8 Å². The van der Waals surface area contributed by atoms with Crippen LogP contribution in [0.2, 0.25) is 0 Å². The number of carbonyl (C=O) groups excluding carboxylic acids is 1. The topological polar surface area (TPSA) is 46.3 Å². The zero-order valence-electron chi connectivity index (χ0n) is 11.5. The van der Waals surface area contributed by atoms with Crippen molar-refractivity contribution in [2.24, 2.45) is 11.7 Å². The van der Waals surface area contributed by atoms with Crippen LogP contribution in [0.5, 0.6) is 0 Å². The maximum Gasteiger partial charge on any atom is 0.223 e. The van der Waals surface area contributed by atoms with E-state index in [9.17, 15) is 9.18 Å². The summed E-state index contributed by atoms with van der Waals surface area (Å²) in [5, 5.41) is 0. The summed E-state index contributed by atoms with van der Waals surface area (Å²) < 4.78 is 13.0. The molecule has 1 aromatic rings. The number of hydrogen-bond acceptors (Lipinski definition) is 2. The lowest BCUT2D eigenvalue weighted by Gasteiger charge is -2.41. The van der Waals surface area contributed by atoms with Crippen LogP contribution in [-0.4, -0.2) is 23.4 Å². The van der Waals surface area contributed by atoms with Crippen molar-refractivity contribution in [3.63, 3.8) is 0 Å². The largest absolute Gasteiger partial charge is 0.334 e. The Bertz CT molecular complexity index is 444. The molecule has 0 saturated carbocycles. The predicted molar refractivity (Wildman–Crippen MR) is 72.9 cm³/mol.